The Hall–Kier alpha value is -1.81. The first kappa shape index (κ1) is 14.1. The van der Waals surface area contributed by atoms with Gasteiger partial charge in [-0.1, -0.05) is 18.2 Å². The van der Waals surface area contributed by atoms with Gasteiger partial charge in [-0.25, -0.2) is 0 Å². The molecule has 1 saturated heterocycles. The van der Waals surface area contributed by atoms with E-state index in [-0.39, 0.29) is 5.91 Å². The van der Waals surface area contributed by atoms with Crippen LogP contribution in [0.5, 0.6) is 0 Å². The van der Waals surface area contributed by atoms with Gasteiger partial charge in [-0.3, -0.25) is 4.79 Å². The van der Waals surface area contributed by atoms with E-state index in [1.54, 1.807) is 0 Å². The average Bonchev–Trinajstić information content (AvgIpc) is 3.16. The lowest BCUT2D eigenvalue weighted by Gasteiger charge is -2.23. The molecule has 2 N–H and O–H groups in total. The molecule has 1 aromatic heterocycles. The van der Waals surface area contributed by atoms with E-state index in [0.29, 0.717) is 12.5 Å². The second-order valence-electron chi connectivity index (χ2n) is 5.86. The second-order valence-corrected chi connectivity index (χ2v) is 5.86. The first-order valence-electron chi connectivity index (χ1n) is 7.77. The molecule has 0 bridgehead atoms. The van der Waals surface area contributed by atoms with Crippen molar-refractivity contribution in [2.75, 3.05) is 20.1 Å². The molecule has 0 saturated carbocycles. The summed E-state index contributed by atoms with van der Waals surface area (Å²) in [6, 6.07) is 8.71. The summed E-state index contributed by atoms with van der Waals surface area (Å²) in [7, 11) is 1.94. The van der Waals surface area contributed by atoms with Crippen molar-refractivity contribution >= 4 is 16.8 Å². The molecule has 112 valence electrons. The van der Waals surface area contributed by atoms with Crippen LogP contribution in [-0.4, -0.2) is 42.0 Å². The number of rotatable bonds is 5. The minimum Gasteiger partial charge on any atom is -0.361 e. The minimum absolute atomic E-state index is 0.267. The first-order chi connectivity index (χ1) is 10.3. The molecule has 3 rings (SSSR count). The van der Waals surface area contributed by atoms with Crippen LogP contribution < -0.4 is 5.32 Å². The van der Waals surface area contributed by atoms with Gasteiger partial charge in [-0.05, 0) is 37.4 Å². The zero-order valence-corrected chi connectivity index (χ0v) is 12.6. The van der Waals surface area contributed by atoms with Crippen LogP contribution >= 0.6 is 0 Å². The Morgan fingerprint density at radius 1 is 1.38 bits per heavy atom. The molecule has 1 fully saturated rings. The van der Waals surface area contributed by atoms with E-state index in [1.807, 2.05) is 18.0 Å². The highest BCUT2D eigenvalue weighted by molar-refractivity contribution is 5.83. The lowest BCUT2D eigenvalue weighted by atomic mass is 10.1. The average molecular weight is 285 g/mol. The highest BCUT2D eigenvalue weighted by Gasteiger charge is 2.22. The van der Waals surface area contributed by atoms with Gasteiger partial charge in [0.05, 0.1) is 0 Å². The number of amides is 1. The lowest BCUT2D eigenvalue weighted by molar-refractivity contribution is -0.131. The van der Waals surface area contributed by atoms with Crippen molar-refractivity contribution in [1.29, 1.82) is 0 Å². The predicted octanol–water partition coefficient (Wildman–Crippen LogP) is 2.31. The van der Waals surface area contributed by atoms with E-state index in [2.05, 4.69) is 34.7 Å². The van der Waals surface area contributed by atoms with Crippen molar-refractivity contribution in [3.05, 3.63) is 36.0 Å². The van der Waals surface area contributed by atoms with Crippen LogP contribution in [-0.2, 0) is 11.2 Å². The number of aromatic nitrogens is 1. The number of likely N-dealkylation sites (N-methyl/N-ethyl adjacent to an activating group) is 1. The maximum atomic E-state index is 12.2. The van der Waals surface area contributed by atoms with Crippen molar-refractivity contribution in [3.8, 4) is 0 Å². The number of nitrogens with one attached hydrogen (secondary N) is 2. The Labute approximate surface area is 125 Å². The normalized spacial score (nSPS) is 18.2. The standard InChI is InChI=1S/C17H23N3O/c1-20(14-9-10-18-12-14)17(21)8-4-5-13-11-19-16-7-3-2-6-15(13)16/h2-3,6-7,11,14,18-19H,4-5,8-10,12H2,1H3. The van der Waals surface area contributed by atoms with Gasteiger partial charge in [0.25, 0.3) is 0 Å². The molecule has 1 aliphatic heterocycles. The van der Waals surface area contributed by atoms with Gasteiger partial charge in [0.2, 0.25) is 5.91 Å². The third-order valence-corrected chi connectivity index (χ3v) is 4.49. The van der Waals surface area contributed by atoms with E-state index in [1.165, 1.54) is 16.5 Å². The van der Waals surface area contributed by atoms with Crippen LogP contribution in [0.4, 0.5) is 0 Å². The van der Waals surface area contributed by atoms with E-state index < -0.39 is 0 Å². The SMILES string of the molecule is CN(C(=O)CCCc1c[nH]c2ccccc12)C1CCNC1. The molecular weight excluding hydrogens is 262 g/mol. The summed E-state index contributed by atoms with van der Waals surface area (Å²) in [6.07, 6.45) is 5.63. The molecule has 0 radical (unpaired) electrons. The summed E-state index contributed by atoms with van der Waals surface area (Å²) in [5.41, 5.74) is 2.48. The molecule has 1 atom stereocenters. The largest absolute Gasteiger partial charge is 0.361 e. The summed E-state index contributed by atoms with van der Waals surface area (Å²) < 4.78 is 0. The molecular formula is C17H23N3O. The molecule has 21 heavy (non-hydrogen) atoms. The number of benzene rings is 1. The quantitative estimate of drug-likeness (QED) is 0.885. The number of carbonyl (C=O) groups excluding carboxylic acids is 1. The molecule has 1 unspecified atom stereocenters. The zero-order chi connectivity index (χ0) is 14.7. The minimum atomic E-state index is 0.267. The number of hydrogen-bond donors (Lipinski definition) is 2. The van der Waals surface area contributed by atoms with Crippen molar-refractivity contribution in [1.82, 2.24) is 15.2 Å². The number of nitrogens with zero attached hydrogens (tertiary/aromatic N) is 1. The molecule has 0 spiro atoms. The zero-order valence-electron chi connectivity index (χ0n) is 12.6. The number of para-hydroxylation sites is 1. The summed E-state index contributed by atoms with van der Waals surface area (Å²) >= 11 is 0. The highest BCUT2D eigenvalue weighted by Crippen LogP contribution is 2.19. The fraction of sp³-hybridized carbons (Fsp3) is 0.471. The summed E-state index contributed by atoms with van der Waals surface area (Å²) in [5, 5.41) is 4.58. The van der Waals surface area contributed by atoms with E-state index in [9.17, 15) is 4.79 Å². The van der Waals surface area contributed by atoms with E-state index in [4.69, 9.17) is 0 Å². The van der Waals surface area contributed by atoms with Crippen LogP contribution in [0.25, 0.3) is 10.9 Å². The van der Waals surface area contributed by atoms with Gasteiger partial charge in [0.1, 0.15) is 0 Å². The summed E-state index contributed by atoms with van der Waals surface area (Å²) in [5.74, 6) is 0.267. The Balaban J connectivity index is 1.52. The van der Waals surface area contributed by atoms with Crippen molar-refractivity contribution in [2.24, 2.45) is 0 Å². The maximum absolute atomic E-state index is 12.2. The van der Waals surface area contributed by atoms with Gasteiger partial charge in [0, 0.05) is 43.2 Å². The van der Waals surface area contributed by atoms with Crippen LogP contribution in [0.3, 0.4) is 0 Å². The lowest BCUT2D eigenvalue weighted by Crippen LogP contribution is -2.38. The van der Waals surface area contributed by atoms with Crippen LogP contribution in [0, 0.1) is 0 Å². The number of aryl methyl sites for hydroxylation is 1. The molecule has 1 aromatic carbocycles. The van der Waals surface area contributed by atoms with Crippen molar-refractivity contribution < 1.29 is 4.79 Å². The third-order valence-electron chi connectivity index (χ3n) is 4.49. The van der Waals surface area contributed by atoms with Gasteiger partial charge >= 0.3 is 0 Å². The Bertz CT molecular complexity index is 613. The number of aromatic amines is 1. The maximum Gasteiger partial charge on any atom is 0.222 e. The molecule has 0 aliphatic carbocycles. The van der Waals surface area contributed by atoms with Gasteiger partial charge in [0.15, 0.2) is 0 Å². The van der Waals surface area contributed by atoms with Crippen LogP contribution in [0.15, 0.2) is 30.5 Å². The van der Waals surface area contributed by atoms with Crippen molar-refractivity contribution in [2.45, 2.75) is 31.7 Å². The monoisotopic (exact) mass is 285 g/mol. The van der Waals surface area contributed by atoms with Gasteiger partial charge in [-0.2, -0.15) is 0 Å². The van der Waals surface area contributed by atoms with Gasteiger partial charge in [-0.15, -0.1) is 0 Å². The Morgan fingerprint density at radius 2 is 2.24 bits per heavy atom. The number of H-pyrrole nitrogens is 1. The highest BCUT2D eigenvalue weighted by atomic mass is 16.2. The number of carbonyl (C=O) groups is 1. The fourth-order valence-electron chi connectivity index (χ4n) is 3.12. The Morgan fingerprint density at radius 3 is 3.05 bits per heavy atom. The molecule has 1 amide bonds. The van der Waals surface area contributed by atoms with Crippen LogP contribution in [0.1, 0.15) is 24.8 Å². The number of hydrogen-bond acceptors (Lipinski definition) is 2. The summed E-state index contributed by atoms with van der Waals surface area (Å²) in [6.45, 7) is 1.96. The topological polar surface area (TPSA) is 48.1 Å². The number of fused-ring (bicyclic) bond motifs is 1. The van der Waals surface area contributed by atoms with E-state index in [0.717, 1.165) is 32.4 Å². The third kappa shape index (κ3) is 3.10. The predicted molar refractivity (Wildman–Crippen MR) is 85.3 cm³/mol. The molecule has 4 nitrogen and oxygen atoms in total. The van der Waals surface area contributed by atoms with E-state index >= 15 is 0 Å². The fourth-order valence-corrected chi connectivity index (χ4v) is 3.12. The van der Waals surface area contributed by atoms with Crippen LogP contribution in [0.2, 0.25) is 0 Å². The van der Waals surface area contributed by atoms with Crippen molar-refractivity contribution in [3.63, 3.8) is 0 Å². The molecule has 2 heterocycles. The second kappa shape index (κ2) is 6.31. The molecule has 1 aliphatic rings. The summed E-state index contributed by atoms with van der Waals surface area (Å²) in [4.78, 5) is 17.4. The molecule has 4 heteroatoms. The Kier molecular flexibility index (Phi) is 4.25. The molecule has 2 aromatic rings. The van der Waals surface area contributed by atoms with Gasteiger partial charge < -0.3 is 15.2 Å². The first-order valence-corrected chi connectivity index (χ1v) is 7.77. The smallest absolute Gasteiger partial charge is 0.222 e.